The quantitative estimate of drug-likeness (QED) is 0.274. The summed E-state index contributed by atoms with van der Waals surface area (Å²) in [6.45, 7) is 5.58. The Bertz CT molecular complexity index is 436. The van der Waals surface area contributed by atoms with E-state index in [0.29, 0.717) is 25.0 Å². The molecule has 0 bridgehead atoms. The van der Waals surface area contributed by atoms with Crippen LogP contribution in [0.2, 0.25) is 0 Å². The Morgan fingerprint density at radius 2 is 1.77 bits per heavy atom. The fraction of sp³-hybridized carbons (Fsp3) is 0.611. The Kier molecular flexibility index (Phi) is 6.56. The van der Waals surface area contributed by atoms with E-state index in [1.807, 2.05) is 0 Å². The van der Waals surface area contributed by atoms with E-state index < -0.39 is 0 Å². The van der Waals surface area contributed by atoms with Crippen molar-refractivity contribution in [2.24, 2.45) is 0 Å². The van der Waals surface area contributed by atoms with Crippen molar-refractivity contribution in [3.05, 3.63) is 35.8 Å². The molecule has 2 rings (SSSR count). The molecule has 0 spiro atoms. The summed E-state index contributed by atoms with van der Waals surface area (Å²) in [6, 6.07) is 0. The lowest BCUT2D eigenvalue weighted by Gasteiger charge is -2.22. The molecule has 2 aliphatic rings. The minimum absolute atomic E-state index is 0.280. The summed E-state index contributed by atoms with van der Waals surface area (Å²) in [5, 5.41) is 0. The van der Waals surface area contributed by atoms with Crippen molar-refractivity contribution in [3.63, 3.8) is 0 Å². The summed E-state index contributed by atoms with van der Waals surface area (Å²) in [5.41, 5.74) is 0.427. The van der Waals surface area contributed by atoms with Gasteiger partial charge in [0, 0.05) is 24.8 Å². The van der Waals surface area contributed by atoms with E-state index in [-0.39, 0.29) is 12.3 Å². The highest BCUT2D eigenvalue weighted by Crippen LogP contribution is 2.26. The molecule has 0 amide bonds. The van der Waals surface area contributed by atoms with E-state index in [1.165, 1.54) is 0 Å². The van der Waals surface area contributed by atoms with Gasteiger partial charge in [-0.3, -0.25) is 0 Å². The fourth-order valence-corrected chi connectivity index (χ4v) is 2.51. The van der Waals surface area contributed by atoms with Crippen molar-refractivity contribution in [2.75, 3.05) is 6.61 Å². The maximum absolute atomic E-state index is 11.3. The number of allylic oxidation sites excluding steroid dienone is 4. The molecular formula is C18H26O4. The van der Waals surface area contributed by atoms with Crippen molar-refractivity contribution in [1.82, 2.24) is 0 Å². The van der Waals surface area contributed by atoms with Crippen LogP contribution in [0.15, 0.2) is 35.8 Å². The van der Waals surface area contributed by atoms with Gasteiger partial charge in [-0.15, -0.1) is 0 Å². The van der Waals surface area contributed by atoms with Crippen LogP contribution >= 0.6 is 0 Å². The van der Waals surface area contributed by atoms with E-state index in [4.69, 9.17) is 14.2 Å². The van der Waals surface area contributed by atoms with Gasteiger partial charge in [0.25, 0.3) is 0 Å². The first-order chi connectivity index (χ1) is 10.6. The Labute approximate surface area is 132 Å². The molecule has 0 aromatic heterocycles. The molecule has 0 saturated heterocycles. The Balaban J connectivity index is 1.76. The van der Waals surface area contributed by atoms with Gasteiger partial charge in [0.1, 0.15) is 0 Å². The first-order valence-electron chi connectivity index (χ1n) is 8.19. The highest BCUT2D eigenvalue weighted by atomic mass is 16.7. The van der Waals surface area contributed by atoms with Crippen LogP contribution in [-0.2, 0) is 19.0 Å². The number of rotatable bonds is 9. The van der Waals surface area contributed by atoms with Crippen LogP contribution in [0.25, 0.3) is 0 Å². The summed E-state index contributed by atoms with van der Waals surface area (Å²) >= 11 is 0. The van der Waals surface area contributed by atoms with Crippen LogP contribution in [0.4, 0.5) is 0 Å². The zero-order chi connectivity index (χ0) is 15.8. The molecule has 2 aliphatic carbocycles. The largest absolute Gasteiger partial charge is 0.462 e. The minimum atomic E-state index is -0.338. The molecule has 122 valence electrons. The average Bonchev–Trinajstić information content (AvgIpc) is 3.16. The molecule has 0 atom stereocenters. The zero-order valence-electron chi connectivity index (χ0n) is 13.4. The maximum Gasteiger partial charge on any atom is 0.333 e. The summed E-state index contributed by atoms with van der Waals surface area (Å²) in [6.07, 6.45) is 11.9. The molecular weight excluding hydrogens is 280 g/mol. The summed E-state index contributed by atoms with van der Waals surface area (Å²) in [7, 11) is 0. The van der Waals surface area contributed by atoms with E-state index in [0.717, 1.165) is 50.0 Å². The second-order valence-corrected chi connectivity index (χ2v) is 5.85. The second kappa shape index (κ2) is 8.66. The highest BCUT2D eigenvalue weighted by Gasteiger charge is 2.18. The van der Waals surface area contributed by atoms with Crippen molar-refractivity contribution < 1.29 is 19.0 Å². The molecule has 0 saturated carbocycles. The first kappa shape index (κ1) is 16.7. The van der Waals surface area contributed by atoms with Crippen molar-refractivity contribution in [1.29, 1.82) is 0 Å². The molecule has 0 N–H and O–H groups in total. The number of hydrogen-bond acceptors (Lipinski definition) is 4. The SMILES string of the molecule is C=C(C)C(=O)OCCCC(OC1=CCCC1)OC1=CCCC1. The number of carbonyl (C=O) groups is 1. The van der Waals surface area contributed by atoms with Crippen LogP contribution in [0, 0.1) is 0 Å². The van der Waals surface area contributed by atoms with Crippen LogP contribution in [0.1, 0.15) is 58.3 Å². The number of hydrogen-bond donors (Lipinski definition) is 0. The normalized spacial score (nSPS) is 17.2. The van der Waals surface area contributed by atoms with Gasteiger partial charge >= 0.3 is 5.97 Å². The lowest BCUT2D eigenvalue weighted by atomic mass is 10.3. The molecule has 0 heterocycles. The summed E-state index contributed by atoms with van der Waals surface area (Å²) < 4.78 is 17.1. The third-order valence-electron chi connectivity index (χ3n) is 3.73. The van der Waals surface area contributed by atoms with Gasteiger partial charge in [0.05, 0.1) is 18.1 Å². The Morgan fingerprint density at radius 3 is 2.23 bits per heavy atom. The van der Waals surface area contributed by atoms with Gasteiger partial charge in [0.15, 0.2) is 0 Å². The summed E-state index contributed by atoms with van der Waals surface area (Å²) in [4.78, 5) is 11.3. The molecule has 0 radical (unpaired) electrons. The number of esters is 1. The molecule has 4 heteroatoms. The third kappa shape index (κ3) is 5.58. The van der Waals surface area contributed by atoms with Gasteiger partial charge in [-0.1, -0.05) is 6.58 Å². The lowest BCUT2D eigenvalue weighted by molar-refractivity contribution is -0.140. The second-order valence-electron chi connectivity index (χ2n) is 5.85. The lowest BCUT2D eigenvalue weighted by Crippen LogP contribution is -2.18. The zero-order valence-corrected chi connectivity index (χ0v) is 13.4. The van der Waals surface area contributed by atoms with Crippen molar-refractivity contribution in [2.45, 2.75) is 64.6 Å². The van der Waals surface area contributed by atoms with Gasteiger partial charge in [-0.2, -0.15) is 0 Å². The van der Waals surface area contributed by atoms with Crippen molar-refractivity contribution >= 4 is 5.97 Å². The smallest absolute Gasteiger partial charge is 0.333 e. The van der Waals surface area contributed by atoms with E-state index in [2.05, 4.69) is 18.7 Å². The van der Waals surface area contributed by atoms with E-state index >= 15 is 0 Å². The standard InChI is InChI=1S/C18H26O4/c1-14(2)18(19)20-13-7-12-17(21-15-8-3-4-9-15)22-16-10-5-6-11-16/h8,10,17H,1,3-7,9,11-13H2,2H3. The molecule has 0 aromatic carbocycles. The minimum Gasteiger partial charge on any atom is -0.462 e. The summed E-state index contributed by atoms with van der Waals surface area (Å²) in [5.74, 6) is 1.72. The Morgan fingerprint density at radius 1 is 1.18 bits per heavy atom. The van der Waals surface area contributed by atoms with Crippen LogP contribution in [-0.4, -0.2) is 18.9 Å². The first-order valence-corrected chi connectivity index (χ1v) is 8.19. The fourth-order valence-electron chi connectivity index (χ4n) is 2.51. The number of ether oxygens (including phenoxy) is 3. The molecule has 4 nitrogen and oxygen atoms in total. The van der Waals surface area contributed by atoms with Crippen molar-refractivity contribution in [3.8, 4) is 0 Å². The van der Waals surface area contributed by atoms with E-state index in [1.54, 1.807) is 6.92 Å². The van der Waals surface area contributed by atoms with Gasteiger partial charge in [-0.05, 0) is 51.2 Å². The maximum atomic E-state index is 11.3. The predicted octanol–water partition coefficient (Wildman–Crippen LogP) is 4.38. The van der Waals surface area contributed by atoms with Crippen LogP contribution in [0.3, 0.4) is 0 Å². The Hall–Kier alpha value is -1.71. The molecule has 0 fully saturated rings. The van der Waals surface area contributed by atoms with Gasteiger partial charge in [-0.25, -0.2) is 4.79 Å². The molecule has 22 heavy (non-hydrogen) atoms. The number of carbonyl (C=O) groups excluding carboxylic acids is 1. The van der Waals surface area contributed by atoms with Gasteiger partial charge < -0.3 is 14.2 Å². The van der Waals surface area contributed by atoms with Crippen LogP contribution in [0.5, 0.6) is 0 Å². The molecule has 0 unspecified atom stereocenters. The van der Waals surface area contributed by atoms with E-state index in [9.17, 15) is 4.79 Å². The van der Waals surface area contributed by atoms with Crippen LogP contribution < -0.4 is 0 Å². The topological polar surface area (TPSA) is 44.8 Å². The van der Waals surface area contributed by atoms with Gasteiger partial charge in [0.2, 0.25) is 6.29 Å². The average molecular weight is 306 g/mol. The third-order valence-corrected chi connectivity index (χ3v) is 3.73. The highest BCUT2D eigenvalue weighted by molar-refractivity contribution is 5.86. The molecule has 0 aromatic rings. The predicted molar refractivity (Wildman–Crippen MR) is 84.8 cm³/mol. The monoisotopic (exact) mass is 306 g/mol. The molecule has 0 aliphatic heterocycles.